The van der Waals surface area contributed by atoms with Gasteiger partial charge in [-0.05, 0) is 60.5 Å². The number of carbonyl (C=O) groups is 1. The number of carbonyl (C=O) groups excluding carboxylic acids is 1. The fourth-order valence-corrected chi connectivity index (χ4v) is 3.24. The van der Waals surface area contributed by atoms with E-state index in [2.05, 4.69) is 21.2 Å². The van der Waals surface area contributed by atoms with Crippen LogP contribution in [0, 0.1) is 11.3 Å². The quantitative estimate of drug-likeness (QED) is 0.285. The van der Waals surface area contributed by atoms with Crippen LogP contribution in [0.1, 0.15) is 18.1 Å². The molecular weight excluding hydrogens is 484 g/mol. The highest BCUT2D eigenvalue weighted by atomic mass is 79.9. The minimum absolute atomic E-state index is 0.0394. The summed E-state index contributed by atoms with van der Waals surface area (Å²) in [6, 6.07) is 22.0. The molecule has 0 saturated carbocycles. The van der Waals surface area contributed by atoms with Crippen molar-refractivity contribution in [2.24, 2.45) is 0 Å². The van der Waals surface area contributed by atoms with Gasteiger partial charge in [0.15, 0.2) is 11.5 Å². The van der Waals surface area contributed by atoms with Crippen LogP contribution in [-0.4, -0.2) is 19.6 Å². The second-order valence-corrected chi connectivity index (χ2v) is 7.83. The van der Waals surface area contributed by atoms with E-state index < -0.39 is 5.91 Å². The number of methoxy groups -OCH3 is 1. The van der Waals surface area contributed by atoms with Gasteiger partial charge in [0.1, 0.15) is 24.0 Å². The zero-order valence-corrected chi connectivity index (χ0v) is 19.9. The molecule has 0 heterocycles. The van der Waals surface area contributed by atoms with Crippen molar-refractivity contribution in [3.8, 4) is 23.3 Å². The first-order valence-corrected chi connectivity index (χ1v) is 11.0. The minimum Gasteiger partial charge on any atom is -0.494 e. The van der Waals surface area contributed by atoms with Crippen LogP contribution < -0.4 is 19.5 Å². The third-order valence-corrected chi connectivity index (χ3v) is 5.10. The lowest BCUT2D eigenvalue weighted by Crippen LogP contribution is -2.13. The number of halogens is 1. The topological polar surface area (TPSA) is 80.6 Å². The summed E-state index contributed by atoms with van der Waals surface area (Å²) in [7, 11) is 1.54. The summed E-state index contributed by atoms with van der Waals surface area (Å²) < 4.78 is 17.8. The van der Waals surface area contributed by atoms with Gasteiger partial charge in [-0.2, -0.15) is 5.26 Å². The average Bonchev–Trinajstić information content (AvgIpc) is 2.83. The molecule has 7 heteroatoms. The molecule has 0 spiro atoms. The molecule has 0 fully saturated rings. The van der Waals surface area contributed by atoms with Gasteiger partial charge in [-0.25, -0.2) is 0 Å². The standard InChI is InChI=1S/C26H23BrN2O4/c1-3-32-23-6-4-5-22(15-23)29-26(30)20(16-28)13-19-9-12-24(25(14-19)31-2)33-17-18-7-10-21(27)11-8-18/h4-15H,3,17H2,1-2H3,(H,29,30)/b20-13+. The summed E-state index contributed by atoms with van der Waals surface area (Å²) in [5.74, 6) is 1.19. The van der Waals surface area contributed by atoms with Crippen molar-refractivity contribution in [2.45, 2.75) is 13.5 Å². The van der Waals surface area contributed by atoms with Crippen LogP contribution in [-0.2, 0) is 11.4 Å². The van der Waals surface area contributed by atoms with Crippen LogP contribution in [0.3, 0.4) is 0 Å². The normalized spacial score (nSPS) is 10.8. The molecule has 3 aromatic carbocycles. The van der Waals surface area contributed by atoms with E-state index in [0.717, 1.165) is 10.0 Å². The van der Waals surface area contributed by atoms with Gasteiger partial charge in [0, 0.05) is 16.2 Å². The summed E-state index contributed by atoms with van der Waals surface area (Å²) in [6.45, 7) is 2.78. The van der Waals surface area contributed by atoms with Crippen molar-refractivity contribution in [1.82, 2.24) is 0 Å². The van der Waals surface area contributed by atoms with Gasteiger partial charge in [-0.15, -0.1) is 0 Å². The Morgan fingerprint density at radius 2 is 1.85 bits per heavy atom. The maximum atomic E-state index is 12.6. The fourth-order valence-electron chi connectivity index (χ4n) is 2.98. The van der Waals surface area contributed by atoms with Crippen LogP contribution >= 0.6 is 15.9 Å². The van der Waals surface area contributed by atoms with E-state index in [1.54, 1.807) is 49.6 Å². The smallest absolute Gasteiger partial charge is 0.266 e. The number of nitrogens with zero attached hydrogens (tertiary/aromatic N) is 1. The van der Waals surface area contributed by atoms with E-state index >= 15 is 0 Å². The molecule has 0 unspecified atom stereocenters. The predicted octanol–water partition coefficient (Wildman–Crippen LogP) is 5.98. The first-order chi connectivity index (χ1) is 16.0. The second kappa shape index (κ2) is 11.7. The molecule has 3 rings (SSSR count). The van der Waals surface area contributed by atoms with Gasteiger partial charge in [-0.3, -0.25) is 4.79 Å². The molecule has 0 atom stereocenters. The molecular formula is C26H23BrN2O4. The number of benzene rings is 3. The van der Waals surface area contributed by atoms with Crippen molar-refractivity contribution < 1.29 is 19.0 Å². The Labute approximate surface area is 201 Å². The zero-order chi connectivity index (χ0) is 23.6. The molecule has 0 aromatic heterocycles. The third-order valence-electron chi connectivity index (χ3n) is 4.57. The number of rotatable bonds is 9. The van der Waals surface area contributed by atoms with E-state index in [1.807, 2.05) is 37.3 Å². The maximum Gasteiger partial charge on any atom is 0.266 e. The van der Waals surface area contributed by atoms with Gasteiger partial charge in [-0.1, -0.05) is 40.2 Å². The van der Waals surface area contributed by atoms with Crippen LogP contribution in [0.15, 0.2) is 76.8 Å². The van der Waals surface area contributed by atoms with E-state index in [0.29, 0.717) is 41.7 Å². The molecule has 1 N–H and O–H groups in total. The summed E-state index contributed by atoms with van der Waals surface area (Å²) >= 11 is 3.41. The Balaban J connectivity index is 1.73. The fraction of sp³-hybridized carbons (Fsp3) is 0.154. The molecule has 0 aliphatic heterocycles. The van der Waals surface area contributed by atoms with Crippen molar-refractivity contribution in [1.29, 1.82) is 5.26 Å². The summed E-state index contributed by atoms with van der Waals surface area (Å²) in [4.78, 5) is 12.6. The molecule has 6 nitrogen and oxygen atoms in total. The maximum absolute atomic E-state index is 12.6. The summed E-state index contributed by atoms with van der Waals surface area (Å²) in [5.41, 5.74) is 2.16. The highest BCUT2D eigenvalue weighted by Crippen LogP contribution is 2.30. The number of hydrogen-bond acceptors (Lipinski definition) is 5. The van der Waals surface area contributed by atoms with E-state index in [-0.39, 0.29) is 5.57 Å². The van der Waals surface area contributed by atoms with Gasteiger partial charge in [0.25, 0.3) is 5.91 Å². The minimum atomic E-state index is -0.513. The first kappa shape index (κ1) is 23.9. The van der Waals surface area contributed by atoms with Crippen LogP contribution in [0.2, 0.25) is 0 Å². The monoisotopic (exact) mass is 506 g/mol. The Hall–Kier alpha value is -3.76. The molecule has 0 radical (unpaired) electrons. The Morgan fingerprint density at radius 3 is 2.55 bits per heavy atom. The van der Waals surface area contributed by atoms with Crippen molar-refractivity contribution in [3.63, 3.8) is 0 Å². The SMILES string of the molecule is CCOc1cccc(NC(=O)/C(C#N)=C/c2ccc(OCc3ccc(Br)cc3)c(OC)c2)c1. The highest BCUT2D eigenvalue weighted by molar-refractivity contribution is 9.10. The lowest BCUT2D eigenvalue weighted by atomic mass is 10.1. The molecule has 0 bridgehead atoms. The number of nitrogens with one attached hydrogen (secondary N) is 1. The molecule has 168 valence electrons. The third kappa shape index (κ3) is 6.86. The molecule has 0 aliphatic carbocycles. The first-order valence-electron chi connectivity index (χ1n) is 10.2. The summed E-state index contributed by atoms with van der Waals surface area (Å²) in [6.07, 6.45) is 1.50. The lowest BCUT2D eigenvalue weighted by molar-refractivity contribution is -0.112. The Bertz CT molecular complexity index is 1180. The average molecular weight is 507 g/mol. The van der Waals surface area contributed by atoms with Gasteiger partial charge in [0.05, 0.1) is 13.7 Å². The number of hydrogen-bond donors (Lipinski definition) is 1. The lowest BCUT2D eigenvalue weighted by Gasteiger charge is -2.12. The van der Waals surface area contributed by atoms with Crippen LogP contribution in [0.5, 0.6) is 17.2 Å². The predicted molar refractivity (Wildman–Crippen MR) is 131 cm³/mol. The van der Waals surface area contributed by atoms with E-state index in [4.69, 9.17) is 14.2 Å². The molecule has 33 heavy (non-hydrogen) atoms. The second-order valence-electron chi connectivity index (χ2n) is 6.91. The number of amides is 1. The van der Waals surface area contributed by atoms with Crippen LogP contribution in [0.25, 0.3) is 6.08 Å². The summed E-state index contributed by atoms with van der Waals surface area (Å²) in [5, 5.41) is 12.2. The molecule has 0 aliphatic rings. The number of nitriles is 1. The van der Waals surface area contributed by atoms with E-state index in [1.165, 1.54) is 6.08 Å². The molecule has 0 saturated heterocycles. The van der Waals surface area contributed by atoms with Crippen molar-refractivity contribution in [2.75, 3.05) is 19.0 Å². The van der Waals surface area contributed by atoms with Crippen molar-refractivity contribution >= 4 is 33.6 Å². The van der Waals surface area contributed by atoms with Gasteiger partial charge >= 0.3 is 0 Å². The van der Waals surface area contributed by atoms with E-state index in [9.17, 15) is 10.1 Å². The molecule has 1 amide bonds. The Kier molecular flexibility index (Phi) is 8.50. The van der Waals surface area contributed by atoms with Gasteiger partial charge < -0.3 is 19.5 Å². The highest BCUT2D eigenvalue weighted by Gasteiger charge is 2.12. The zero-order valence-electron chi connectivity index (χ0n) is 18.3. The largest absolute Gasteiger partial charge is 0.494 e. The number of ether oxygens (including phenoxy) is 3. The van der Waals surface area contributed by atoms with Crippen LogP contribution in [0.4, 0.5) is 5.69 Å². The number of anilines is 1. The molecule has 3 aromatic rings. The Morgan fingerprint density at radius 1 is 1.06 bits per heavy atom. The van der Waals surface area contributed by atoms with Crippen molar-refractivity contribution in [3.05, 3.63) is 87.9 Å². The van der Waals surface area contributed by atoms with Gasteiger partial charge in [0.2, 0.25) is 0 Å².